The van der Waals surface area contributed by atoms with E-state index in [-0.39, 0.29) is 11.8 Å². The van der Waals surface area contributed by atoms with E-state index in [9.17, 15) is 9.59 Å². The van der Waals surface area contributed by atoms with Gasteiger partial charge < -0.3 is 10.1 Å². The molecule has 0 aromatic heterocycles. The van der Waals surface area contributed by atoms with Gasteiger partial charge in [-0.25, -0.2) is 4.79 Å². The maximum Gasteiger partial charge on any atom is 0.328 e. The van der Waals surface area contributed by atoms with Crippen molar-refractivity contribution in [3.8, 4) is 0 Å². The summed E-state index contributed by atoms with van der Waals surface area (Å²) in [4.78, 5) is 23.6. The number of fused-ring (bicyclic) bond motifs is 1. The number of benzene rings is 1. The SMILES string of the molecule is COC(=O)C(C)NC(=O)C1CCCc2ccccc21. The summed E-state index contributed by atoms with van der Waals surface area (Å²) >= 11 is 0. The molecule has 19 heavy (non-hydrogen) atoms. The highest BCUT2D eigenvalue weighted by molar-refractivity contribution is 5.88. The van der Waals surface area contributed by atoms with Crippen LogP contribution in [0.1, 0.15) is 36.8 Å². The molecule has 2 unspecified atom stereocenters. The van der Waals surface area contributed by atoms with Gasteiger partial charge in [0.25, 0.3) is 0 Å². The van der Waals surface area contributed by atoms with Crippen molar-refractivity contribution in [2.24, 2.45) is 0 Å². The minimum atomic E-state index is -0.605. The van der Waals surface area contributed by atoms with Crippen LogP contribution in [-0.2, 0) is 20.7 Å². The van der Waals surface area contributed by atoms with Gasteiger partial charge in [-0.15, -0.1) is 0 Å². The molecule has 1 aliphatic rings. The molecule has 0 saturated carbocycles. The maximum absolute atomic E-state index is 12.3. The van der Waals surface area contributed by atoms with Crippen molar-refractivity contribution < 1.29 is 14.3 Å². The third-order valence-electron chi connectivity index (χ3n) is 3.60. The summed E-state index contributed by atoms with van der Waals surface area (Å²) in [6.45, 7) is 1.64. The predicted molar refractivity (Wildman–Crippen MR) is 71.7 cm³/mol. The number of ether oxygens (including phenoxy) is 1. The Kier molecular flexibility index (Phi) is 4.20. The molecule has 1 aliphatic carbocycles. The molecule has 4 nitrogen and oxygen atoms in total. The fourth-order valence-electron chi connectivity index (χ4n) is 2.58. The van der Waals surface area contributed by atoms with Gasteiger partial charge in [0, 0.05) is 0 Å². The van der Waals surface area contributed by atoms with Crippen LogP contribution in [-0.4, -0.2) is 25.0 Å². The van der Waals surface area contributed by atoms with Gasteiger partial charge in [-0.3, -0.25) is 4.79 Å². The van der Waals surface area contributed by atoms with Gasteiger partial charge in [0.1, 0.15) is 6.04 Å². The molecule has 0 bridgehead atoms. The normalized spacial score (nSPS) is 19.2. The number of rotatable bonds is 3. The van der Waals surface area contributed by atoms with Gasteiger partial charge in [0.05, 0.1) is 13.0 Å². The third-order valence-corrected chi connectivity index (χ3v) is 3.60. The molecule has 1 N–H and O–H groups in total. The largest absolute Gasteiger partial charge is 0.467 e. The Balaban J connectivity index is 2.11. The minimum Gasteiger partial charge on any atom is -0.467 e. The fourth-order valence-corrected chi connectivity index (χ4v) is 2.58. The Morgan fingerprint density at radius 3 is 2.84 bits per heavy atom. The molecule has 0 saturated heterocycles. The van der Waals surface area contributed by atoms with Crippen molar-refractivity contribution in [3.05, 3.63) is 35.4 Å². The van der Waals surface area contributed by atoms with E-state index < -0.39 is 12.0 Å². The lowest BCUT2D eigenvalue weighted by molar-refractivity contribution is -0.144. The Labute approximate surface area is 113 Å². The lowest BCUT2D eigenvalue weighted by atomic mass is 9.82. The number of nitrogens with one attached hydrogen (secondary N) is 1. The highest BCUT2D eigenvalue weighted by Gasteiger charge is 2.28. The van der Waals surface area contributed by atoms with Crippen molar-refractivity contribution >= 4 is 11.9 Å². The summed E-state index contributed by atoms with van der Waals surface area (Å²) in [6.07, 6.45) is 2.85. The van der Waals surface area contributed by atoms with Gasteiger partial charge in [0.2, 0.25) is 5.91 Å². The maximum atomic E-state index is 12.3. The van der Waals surface area contributed by atoms with Gasteiger partial charge in [0.15, 0.2) is 0 Å². The van der Waals surface area contributed by atoms with E-state index in [2.05, 4.69) is 16.1 Å². The minimum absolute atomic E-state index is 0.0925. The predicted octanol–water partition coefficient (Wildman–Crippen LogP) is 1.78. The van der Waals surface area contributed by atoms with Crippen molar-refractivity contribution in [3.63, 3.8) is 0 Å². The smallest absolute Gasteiger partial charge is 0.328 e. The van der Waals surface area contributed by atoms with Crippen LogP contribution in [0, 0.1) is 0 Å². The van der Waals surface area contributed by atoms with Crippen LogP contribution < -0.4 is 5.32 Å². The number of hydrogen-bond donors (Lipinski definition) is 1. The van der Waals surface area contributed by atoms with Crippen LogP contribution in [0.25, 0.3) is 0 Å². The van der Waals surface area contributed by atoms with Crippen LogP contribution in [0.15, 0.2) is 24.3 Å². The van der Waals surface area contributed by atoms with Gasteiger partial charge in [-0.1, -0.05) is 24.3 Å². The number of carbonyl (C=O) groups excluding carboxylic acids is 2. The van der Waals surface area contributed by atoms with Crippen LogP contribution in [0.4, 0.5) is 0 Å². The monoisotopic (exact) mass is 261 g/mol. The standard InChI is InChI=1S/C15H19NO3/c1-10(15(18)19-2)16-14(17)13-9-5-7-11-6-3-4-8-12(11)13/h3-4,6,8,10,13H,5,7,9H2,1-2H3,(H,16,17). The quantitative estimate of drug-likeness (QED) is 0.844. The van der Waals surface area contributed by atoms with E-state index in [1.54, 1.807) is 6.92 Å². The summed E-state index contributed by atoms with van der Waals surface area (Å²) in [7, 11) is 1.32. The van der Waals surface area contributed by atoms with Crippen LogP contribution in [0.3, 0.4) is 0 Å². The topological polar surface area (TPSA) is 55.4 Å². The molecule has 1 amide bonds. The molecule has 102 valence electrons. The van der Waals surface area contributed by atoms with E-state index in [1.165, 1.54) is 12.7 Å². The molecule has 2 atom stereocenters. The Morgan fingerprint density at radius 2 is 2.11 bits per heavy atom. The van der Waals surface area contributed by atoms with Crippen LogP contribution >= 0.6 is 0 Å². The molecule has 1 aromatic carbocycles. The van der Waals surface area contributed by atoms with E-state index in [4.69, 9.17) is 0 Å². The van der Waals surface area contributed by atoms with Crippen LogP contribution in [0.5, 0.6) is 0 Å². The second kappa shape index (κ2) is 5.87. The Hall–Kier alpha value is -1.84. The zero-order valence-electron chi connectivity index (χ0n) is 11.3. The average Bonchev–Trinajstić information content (AvgIpc) is 2.45. The lowest BCUT2D eigenvalue weighted by Gasteiger charge is -2.25. The number of aryl methyl sites for hydroxylation is 1. The molecule has 0 heterocycles. The first-order valence-corrected chi connectivity index (χ1v) is 6.59. The van der Waals surface area contributed by atoms with Gasteiger partial charge >= 0.3 is 5.97 Å². The molecule has 0 fully saturated rings. The molecule has 2 rings (SSSR count). The number of hydrogen-bond acceptors (Lipinski definition) is 3. The molecule has 4 heteroatoms. The van der Waals surface area contributed by atoms with E-state index >= 15 is 0 Å². The molecule has 0 aliphatic heterocycles. The fraction of sp³-hybridized carbons (Fsp3) is 0.467. The molecular weight excluding hydrogens is 242 g/mol. The summed E-state index contributed by atoms with van der Waals surface area (Å²) in [6, 6.07) is 7.41. The van der Waals surface area contributed by atoms with E-state index in [0.717, 1.165) is 24.8 Å². The second-order valence-electron chi connectivity index (χ2n) is 4.90. The highest BCUT2D eigenvalue weighted by atomic mass is 16.5. The molecule has 1 aromatic rings. The van der Waals surface area contributed by atoms with Crippen molar-refractivity contribution in [2.75, 3.05) is 7.11 Å². The van der Waals surface area contributed by atoms with E-state index in [0.29, 0.717) is 0 Å². The number of carbonyl (C=O) groups is 2. The highest BCUT2D eigenvalue weighted by Crippen LogP contribution is 2.31. The first-order chi connectivity index (χ1) is 9.13. The molecule has 0 radical (unpaired) electrons. The molecule has 0 spiro atoms. The van der Waals surface area contributed by atoms with Crippen molar-refractivity contribution in [2.45, 2.75) is 38.1 Å². The van der Waals surface area contributed by atoms with E-state index in [1.807, 2.05) is 18.2 Å². The van der Waals surface area contributed by atoms with Crippen molar-refractivity contribution in [1.82, 2.24) is 5.32 Å². The average molecular weight is 261 g/mol. The third kappa shape index (κ3) is 2.95. The lowest BCUT2D eigenvalue weighted by Crippen LogP contribution is -2.42. The number of esters is 1. The Morgan fingerprint density at radius 1 is 1.37 bits per heavy atom. The van der Waals surface area contributed by atoms with Gasteiger partial charge in [-0.05, 0) is 37.3 Å². The zero-order chi connectivity index (χ0) is 13.8. The summed E-state index contributed by atoms with van der Waals surface area (Å²) in [5.41, 5.74) is 2.32. The number of amides is 1. The van der Waals surface area contributed by atoms with Crippen molar-refractivity contribution in [1.29, 1.82) is 0 Å². The Bertz CT molecular complexity index is 484. The number of methoxy groups -OCH3 is 1. The van der Waals surface area contributed by atoms with Gasteiger partial charge in [-0.2, -0.15) is 0 Å². The van der Waals surface area contributed by atoms with Crippen LogP contribution in [0.2, 0.25) is 0 Å². The second-order valence-corrected chi connectivity index (χ2v) is 4.90. The summed E-state index contributed by atoms with van der Waals surface area (Å²) in [5.74, 6) is -0.667. The zero-order valence-corrected chi connectivity index (χ0v) is 11.3. The summed E-state index contributed by atoms with van der Waals surface area (Å²) in [5, 5.41) is 2.73. The first kappa shape index (κ1) is 13.6. The molecular formula is C15H19NO3. The summed E-state index contributed by atoms with van der Waals surface area (Å²) < 4.78 is 4.62. The first-order valence-electron chi connectivity index (χ1n) is 6.59.